The van der Waals surface area contributed by atoms with E-state index in [1.54, 1.807) is 12.1 Å². The predicted octanol–water partition coefficient (Wildman–Crippen LogP) is 0.852. The number of sulfone groups is 1. The Kier molecular flexibility index (Phi) is 2.18. The van der Waals surface area contributed by atoms with Gasteiger partial charge in [-0.3, -0.25) is 0 Å². The molecule has 0 radical (unpaired) electrons. The van der Waals surface area contributed by atoms with E-state index < -0.39 is 9.84 Å². The van der Waals surface area contributed by atoms with E-state index in [0.717, 1.165) is 0 Å². The molecule has 0 unspecified atom stereocenters. The summed E-state index contributed by atoms with van der Waals surface area (Å²) in [7, 11) is -3.21. The number of aromatic nitrogens is 1. The maximum Gasteiger partial charge on any atom is 0.202 e. The van der Waals surface area contributed by atoms with Crippen molar-refractivity contribution in [3.8, 4) is 5.75 Å². The highest BCUT2D eigenvalue weighted by Gasteiger charge is 2.26. The Morgan fingerprint density at radius 2 is 2.23 bits per heavy atom. The van der Waals surface area contributed by atoms with E-state index in [-0.39, 0.29) is 17.4 Å². The van der Waals surface area contributed by atoms with Crippen molar-refractivity contribution in [1.82, 2.24) is 4.98 Å². The largest absolute Gasteiger partial charge is 0.489 e. The van der Waals surface area contributed by atoms with Gasteiger partial charge in [0, 0.05) is 0 Å². The molecule has 0 aromatic carbocycles. The van der Waals surface area contributed by atoms with Crippen molar-refractivity contribution in [1.29, 1.82) is 0 Å². The average Bonchev–Trinajstić information content (AvgIpc) is 2.06. The summed E-state index contributed by atoms with van der Waals surface area (Å²) in [5.74, 6) is 0.388. The third-order valence-corrected chi connectivity index (χ3v) is 3.88. The van der Waals surface area contributed by atoms with Gasteiger partial charge < -0.3 is 4.74 Å². The minimum atomic E-state index is -3.21. The highest BCUT2D eigenvalue weighted by molar-refractivity contribution is 14.1. The highest BCUT2D eigenvalue weighted by Crippen LogP contribution is 2.26. The number of pyridine rings is 1. The molecular weight excluding hydrogens is 305 g/mol. The molecule has 0 N–H and O–H groups in total. The Morgan fingerprint density at radius 3 is 3.00 bits per heavy atom. The van der Waals surface area contributed by atoms with Gasteiger partial charge in [0.05, 0.1) is 5.75 Å². The Balaban J connectivity index is 2.68. The van der Waals surface area contributed by atoms with E-state index in [1.807, 2.05) is 22.6 Å². The number of fused-ring (bicyclic) bond motifs is 1. The molecule has 0 bridgehead atoms. The molecule has 0 atom stereocenters. The highest BCUT2D eigenvalue weighted by atomic mass is 127. The quantitative estimate of drug-likeness (QED) is 0.527. The SMILES string of the molecule is O=S1(=O)CCOc2ccc(I)nc21. The molecule has 0 fully saturated rings. The van der Waals surface area contributed by atoms with Crippen LogP contribution in [0.2, 0.25) is 0 Å². The van der Waals surface area contributed by atoms with Crippen LogP contribution in [0.5, 0.6) is 5.75 Å². The van der Waals surface area contributed by atoms with Crippen LogP contribution in [-0.4, -0.2) is 25.8 Å². The summed E-state index contributed by atoms with van der Waals surface area (Å²) in [6.45, 7) is 0.220. The van der Waals surface area contributed by atoms with Gasteiger partial charge in [0.2, 0.25) is 9.84 Å². The molecular formula is C7H6INO3S. The van der Waals surface area contributed by atoms with Crippen LogP contribution >= 0.6 is 22.6 Å². The monoisotopic (exact) mass is 311 g/mol. The third-order valence-electron chi connectivity index (χ3n) is 1.70. The first-order valence-corrected chi connectivity index (χ1v) is 6.35. The van der Waals surface area contributed by atoms with Crippen molar-refractivity contribution < 1.29 is 13.2 Å². The molecule has 2 rings (SSSR count). The van der Waals surface area contributed by atoms with Gasteiger partial charge in [-0.1, -0.05) is 0 Å². The second-order valence-corrected chi connectivity index (χ2v) is 5.73. The van der Waals surface area contributed by atoms with Crippen LogP contribution in [0.4, 0.5) is 0 Å². The van der Waals surface area contributed by atoms with Gasteiger partial charge >= 0.3 is 0 Å². The molecule has 1 aliphatic heterocycles. The molecule has 0 saturated carbocycles. The molecule has 4 nitrogen and oxygen atoms in total. The van der Waals surface area contributed by atoms with E-state index in [4.69, 9.17) is 4.74 Å². The first-order chi connectivity index (χ1) is 6.09. The predicted molar refractivity (Wildman–Crippen MR) is 54.5 cm³/mol. The molecule has 70 valence electrons. The lowest BCUT2D eigenvalue weighted by Crippen LogP contribution is -2.22. The maximum atomic E-state index is 11.5. The molecule has 2 heterocycles. The number of hydrogen-bond donors (Lipinski definition) is 0. The summed E-state index contributed by atoms with van der Waals surface area (Å²) in [5, 5.41) is 0.0747. The number of rotatable bonds is 0. The van der Waals surface area contributed by atoms with Crippen LogP contribution in [-0.2, 0) is 9.84 Å². The van der Waals surface area contributed by atoms with Gasteiger partial charge in [0.25, 0.3) is 0 Å². The van der Waals surface area contributed by atoms with Gasteiger partial charge in [-0.2, -0.15) is 0 Å². The van der Waals surface area contributed by atoms with Crippen LogP contribution in [0.1, 0.15) is 0 Å². The normalized spacial score (nSPS) is 18.8. The second kappa shape index (κ2) is 3.09. The van der Waals surface area contributed by atoms with E-state index in [0.29, 0.717) is 9.45 Å². The molecule has 0 aliphatic carbocycles. The van der Waals surface area contributed by atoms with Crippen LogP contribution in [0, 0.1) is 3.70 Å². The van der Waals surface area contributed by atoms with Crippen molar-refractivity contribution in [3.05, 3.63) is 15.8 Å². The van der Waals surface area contributed by atoms with Gasteiger partial charge in [-0.25, -0.2) is 13.4 Å². The zero-order valence-corrected chi connectivity index (χ0v) is 9.50. The lowest BCUT2D eigenvalue weighted by molar-refractivity contribution is 0.318. The molecule has 1 aromatic rings. The fraction of sp³-hybridized carbons (Fsp3) is 0.286. The van der Waals surface area contributed by atoms with Gasteiger partial charge in [0.15, 0.2) is 10.8 Å². The van der Waals surface area contributed by atoms with Gasteiger partial charge in [0.1, 0.15) is 10.3 Å². The fourth-order valence-corrected chi connectivity index (χ4v) is 2.85. The summed E-state index contributed by atoms with van der Waals surface area (Å²) in [5.41, 5.74) is 0. The van der Waals surface area contributed by atoms with Crippen molar-refractivity contribution in [3.63, 3.8) is 0 Å². The van der Waals surface area contributed by atoms with Crippen molar-refractivity contribution >= 4 is 32.4 Å². The summed E-state index contributed by atoms with van der Waals surface area (Å²) in [6.07, 6.45) is 0. The second-order valence-electron chi connectivity index (χ2n) is 2.60. The van der Waals surface area contributed by atoms with Crippen molar-refractivity contribution in [2.75, 3.05) is 12.4 Å². The summed E-state index contributed by atoms with van der Waals surface area (Å²) in [4.78, 5) is 3.94. The van der Waals surface area contributed by atoms with Crippen LogP contribution in [0.25, 0.3) is 0 Å². The summed E-state index contributed by atoms with van der Waals surface area (Å²) in [6, 6.07) is 3.36. The molecule has 1 aromatic heterocycles. The minimum Gasteiger partial charge on any atom is -0.489 e. The topological polar surface area (TPSA) is 56.3 Å². The van der Waals surface area contributed by atoms with Crippen LogP contribution in [0.15, 0.2) is 17.2 Å². The van der Waals surface area contributed by atoms with Crippen LogP contribution < -0.4 is 4.74 Å². The van der Waals surface area contributed by atoms with Gasteiger partial charge in [-0.15, -0.1) is 0 Å². The smallest absolute Gasteiger partial charge is 0.202 e. The Morgan fingerprint density at radius 1 is 1.46 bits per heavy atom. The lowest BCUT2D eigenvalue weighted by atomic mass is 10.4. The zero-order valence-electron chi connectivity index (χ0n) is 6.53. The fourth-order valence-electron chi connectivity index (χ4n) is 1.10. The maximum absolute atomic E-state index is 11.5. The van der Waals surface area contributed by atoms with Crippen molar-refractivity contribution in [2.24, 2.45) is 0 Å². The lowest BCUT2D eigenvalue weighted by Gasteiger charge is -2.15. The van der Waals surface area contributed by atoms with E-state index in [1.165, 1.54) is 0 Å². The van der Waals surface area contributed by atoms with Crippen LogP contribution in [0.3, 0.4) is 0 Å². The zero-order chi connectivity index (χ0) is 9.47. The summed E-state index contributed by atoms with van der Waals surface area (Å²) >= 11 is 1.97. The third kappa shape index (κ3) is 1.64. The molecule has 1 aliphatic rings. The van der Waals surface area contributed by atoms with Gasteiger partial charge in [-0.05, 0) is 34.7 Å². The first-order valence-electron chi connectivity index (χ1n) is 3.62. The van der Waals surface area contributed by atoms with E-state index in [9.17, 15) is 8.42 Å². The molecule has 13 heavy (non-hydrogen) atoms. The van der Waals surface area contributed by atoms with E-state index >= 15 is 0 Å². The number of nitrogens with zero attached hydrogens (tertiary/aromatic N) is 1. The Hall–Kier alpha value is -0.370. The number of hydrogen-bond acceptors (Lipinski definition) is 4. The first kappa shape index (κ1) is 9.20. The Bertz CT molecular complexity index is 443. The average molecular weight is 311 g/mol. The van der Waals surface area contributed by atoms with Crippen molar-refractivity contribution in [2.45, 2.75) is 5.03 Å². The minimum absolute atomic E-state index is 0.0209. The summed E-state index contributed by atoms with van der Waals surface area (Å²) < 4.78 is 28.8. The molecule has 6 heteroatoms. The molecule has 0 amide bonds. The standard InChI is InChI=1S/C7H6INO3S/c8-6-2-1-5-7(9-6)13(10,11)4-3-12-5/h1-2H,3-4H2. The molecule has 0 saturated heterocycles. The Labute approximate surface area is 89.4 Å². The number of ether oxygens (including phenoxy) is 1. The number of halogens is 1. The molecule has 0 spiro atoms. The van der Waals surface area contributed by atoms with E-state index in [2.05, 4.69) is 4.98 Å².